The summed E-state index contributed by atoms with van der Waals surface area (Å²) in [5.74, 6) is 0. The quantitative estimate of drug-likeness (QED) is 0.138. The Morgan fingerprint density at radius 1 is 0.732 bits per heavy atom. The van der Waals surface area contributed by atoms with Gasteiger partial charge in [0, 0.05) is 43.2 Å². The van der Waals surface area contributed by atoms with E-state index in [1.54, 1.807) is 0 Å². The largest absolute Gasteiger partial charge is 0.394 e. The SMILES string of the molecule is O=c1cc[nH]c(=O)[nH]1.O=c1ccn(C2C[C@H](O)[C@@H](CO)O2)c(=O)[nH]1.O=c1ccn([C@@H]2O[C@H](CO)[C@@H](O)[C@H]2O)c(=O)[nH]1. The smallest absolute Gasteiger partial charge is 0.330 e. The molecule has 7 atom stereocenters. The molecular weight excluding hydrogens is 556 g/mol. The van der Waals surface area contributed by atoms with Crippen LogP contribution in [0, 0.1) is 0 Å². The maximum Gasteiger partial charge on any atom is 0.330 e. The minimum atomic E-state index is -1.35. The number of nitrogens with one attached hydrogen (secondary N) is 4. The zero-order valence-electron chi connectivity index (χ0n) is 21.0. The molecule has 41 heavy (non-hydrogen) atoms. The number of H-pyrrole nitrogens is 4. The van der Waals surface area contributed by atoms with Crippen LogP contribution >= 0.6 is 0 Å². The first-order valence-corrected chi connectivity index (χ1v) is 11.9. The first kappa shape index (κ1) is 31.3. The zero-order valence-corrected chi connectivity index (χ0v) is 21.0. The predicted octanol–water partition coefficient (Wildman–Crippen LogP) is -5.61. The first-order chi connectivity index (χ1) is 19.4. The Hall–Kier alpha value is -4.24. The molecule has 3 aromatic heterocycles. The van der Waals surface area contributed by atoms with Crippen LogP contribution in [0.5, 0.6) is 0 Å². The highest BCUT2D eigenvalue weighted by Gasteiger charge is 2.43. The van der Waals surface area contributed by atoms with E-state index in [1.165, 1.54) is 29.1 Å². The average Bonchev–Trinajstić information content (AvgIpc) is 3.43. The summed E-state index contributed by atoms with van der Waals surface area (Å²) in [5.41, 5.74) is -3.27. The number of aromatic amines is 4. The number of nitrogens with zero attached hydrogens (tertiary/aromatic N) is 2. The van der Waals surface area contributed by atoms with Crippen molar-refractivity contribution in [3.05, 3.63) is 99.3 Å². The highest BCUT2D eigenvalue weighted by Crippen LogP contribution is 2.28. The van der Waals surface area contributed by atoms with E-state index in [0.717, 1.165) is 16.8 Å². The Balaban J connectivity index is 0.000000180. The molecule has 224 valence electrons. The molecule has 3 aromatic rings. The van der Waals surface area contributed by atoms with Crippen molar-refractivity contribution in [2.24, 2.45) is 0 Å². The second kappa shape index (κ2) is 13.9. The standard InChI is InChI=1S/C9H12N2O6.C9H12N2O5.C4H4N2O2/c12-3-4-6(14)7(15)8(17-4)11-2-1-5(13)10-9(11)16;12-4-6-5(13)3-8(16-6)11-2-1-7(14)10-9(11)15;7-3-1-2-5-4(8)6-3/h1-2,4,6-8,12,14-15H,3H2,(H,10,13,16);1-2,5-6,8,12-13H,3-4H2,(H,10,14,15);1-2H,(H2,5,6,7,8)/t4-,6-,7-,8-;5-,6+,8?;/m10./s1. The highest BCUT2D eigenvalue weighted by atomic mass is 16.6. The normalized spacial score (nSPS) is 26.9. The second-order valence-corrected chi connectivity index (χ2v) is 8.67. The van der Waals surface area contributed by atoms with Gasteiger partial charge in [0.2, 0.25) is 0 Å². The van der Waals surface area contributed by atoms with E-state index in [0.29, 0.717) is 0 Å². The molecule has 2 aliphatic rings. The van der Waals surface area contributed by atoms with Gasteiger partial charge < -0.3 is 40.0 Å². The van der Waals surface area contributed by atoms with E-state index in [1.807, 2.05) is 9.97 Å². The molecular formula is C22H28N6O13. The van der Waals surface area contributed by atoms with E-state index < -0.39 is 77.8 Å². The van der Waals surface area contributed by atoms with E-state index in [9.17, 15) is 44.1 Å². The van der Waals surface area contributed by atoms with Crippen LogP contribution in [0.4, 0.5) is 0 Å². The van der Waals surface area contributed by atoms with Crippen LogP contribution in [-0.4, -0.2) is 98.3 Å². The van der Waals surface area contributed by atoms with Crippen molar-refractivity contribution < 1.29 is 35.0 Å². The van der Waals surface area contributed by atoms with Gasteiger partial charge in [0.25, 0.3) is 16.7 Å². The van der Waals surface area contributed by atoms with Gasteiger partial charge >= 0.3 is 17.1 Å². The second-order valence-electron chi connectivity index (χ2n) is 8.67. The lowest BCUT2D eigenvalue weighted by Crippen LogP contribution is -2.37. The van der Waals surface area contributed by atoms with E-state index in [2.05, 4.69) is 9.97 Å². The van der Waals surface area contributed by atoms with Gasteiger partial charge in [-0.2, -0.15) is 0 Å². The van der Waals surface area contributed by atoms with Crippen molar-refractivity contribution in [1.82, 2.24) is 29.1 Å². The molecule has 0 spiro atoms. The van der Waals surface area contributed by atoms with Crippen LogP contribution in [-0.2, 0) is 9.47 Å². The molecule has 2 fully saturated rings. The number of rotatable bonds is 4. The van der Waals surface area contributed by atoms with Gasteiger partial charge in [0.15, 0.2) is 6.23 Å². The van der Waals surface area contributed by atoms with Crippen LogP contribution in [0.1, 0.15) is 18.9 Å². The molecule has 0 radical (unpaired) electrons. The van der Waals surface area contributed by atoms with Crippen LogP contribution in [0.15, 0.2) is 65.6 Å². The summed E-state index contributed by atoms with van der Waals surface area (Å²) < 4.78 is 12.5. The Bertz CT molecular complexity index is 1610. The predicted molar refractivity (Wildman–Crippen MR) is 135 cm³/mol. The first-order valence-electron chi connectivity index (χ1n) is 11.9. The minimum absolute atomic E-state index is 0.206. The van der Waals surface area contributed by atoms with Gasteiger partial charge in [-0.25, -0.2) is 14.4 Å². The fraction of sp³-hybridized carbons (Fsp3) is 0.455. The van der Waals surface area contributed by atoms with Crippen molar-refractivity contribution in [2.75, 3.05) is 13.2 Å². The van der Waals surface area contributed by atoms with Crippen molar-refractivity contribution >= 4 is 0 Å². The van der Waals surface area contributed by atoms with Crippen LogP contribution < -0.4 is 33.7 Å². The van der Waals surface area contributed by atoms with Gasteiger partial charge in [-0.3, -0.25) is 38.5 Å². The number of aliphatic hydroxyl groups is 5. The lowest BCUT2D eigenvalue weighted by atomic mass is 10.1. The zero-order chi connectivity index (χ0) is 30.3. The summed E-state index contributed by atoms with van der Waals surface area (Å²) in [5, 5.41) is 46.4. The van der Waals surface area contributed by atoms with E-state index in [4.69, 9.17) is 19.7 Å². The maximum atomic E-state index is 11.4. The summed E-state index contributed by atoms with van der Waals surface area (Å²) in [6.45, 7) is -0.789. The fourth-order valence-electron chi connectivity index (χ4n) is 3.82. The number of aliphatic hydroxyl groups excluding tert-OH is 5. The average molecular weight is 584 g/mol. The molecule has 0 saturated carbocycles. The van der Waals surface area contributed by atoms with Gasteiger partial charge in [-0.15, -0.1) is 0 Å². The van der Waals surface area contributed by atoms with E-state index >= 15 is 0 Å². The Kier molecular flexibility index (Phi) is 10.6. The minimum Gasteiger partial charge on any atom is -0.394 e. The number of ether oxygens (including phenoxy) is 2. The van der Waals surface area contributed by atoms with Crippen LogP contribution in [0.2, 0.25) is 0 Å². The third kappa shape index (κ3) is 7.91. The van der Waals surface area contributed by atoms with Crippen molar-refractivity contribution in [3.8, 4) is 0 Å². The van der Waals surface area contributed by atoms with Crippen molar-refractivity contribution in [2.45, 2.75) is 49.4 Å². The van der Waals surface area contributed by atoms with Crippen LogP contribution in [0.3, 0.4) is 0 Å². The molecule has 2 aliphatic heterocycles. The summed E-state index contributed by atoms with van der Waals surface area (Å²) >= 11 is 0. The Morgan fingerprint density at radius 2 is 1.29 bits per heavy atom. The molecule has 9 N–H and O–H groups in total. The van der Waals surface area contributed by atoms with Crippen molar-refractivity contribution in [1.29, 1.82) is 0 Å². The van der Waals surface area contributed by atoms with Gasteiger partial charge in [0.05, 0.1) is 19.3 Å². The van der Waals surface area contributed by atoms with Gasteiger partial charge in [-0.1, -0.05) is 0 Å². The molecule has 1 unspecified atom stereocenters. The lowest BCUT2D eigenvalue weighted by Gasteiger charge is -2.16. The third-order valence-corrected chi connectivity index (χ3v) is 5.87. The summed E-state index contributed by atoms with van der Waals surface area (Å²) in [6, 6.07) is 3.53. The fourth-order valence-corrected chi connectivity index (χ4v) is 3.82. The number of hydrogen-bond acceptors (Lipinski definition) is 13. The molecule has 5 heterocycles. The summed E-state index contributed by atoms with van der Waals surface area (Å²) in [7, 11) is 0. The van der Waals surface area contributed by atoms with Crippen LogP contribution in [0.25, 0.3) is 0 Å². The summed E-state index contributed by atoms with van der Waals surface area (Å²) in [4.78, 5) is 73.3. The highest BCUT2D eigenvalue weighted by molar-refractivity contribution is 4.93. The molecule has 19 heteroatoms. The van der Waals surface area contributed by atoms with Gasteiger partial charge in [0.1, 0.15) is 30.6 Å². The third-order valence-electron chi connectivity index (χ3n) is 5.87. The molecule has 0 bridgehead atoms. The molecule has 0 aliphatic carbocycles. The molecule has 19 nitrogen and oxygen atoms in total. The topological polar surface area (TPSA) is 295 Å². The van der Waals surface area contributed by atoms with Crippen molar-refractivity contribution in [3.63, 3.8) is 0 Å². The van der Waals surface area contributed by atoms with E-state index in [-0.39, 0.29) is 18.6 Å². The molecule has 2 saturated heterocycles. The lowest BCUT2D eigenvalue weighted by molar-refractivity contribution is -0.0550. The number of aromatic nitrogens is 6. The van der Waals surface area contributed by atoms with Gasteiger partial charge in [-0.05, 0) is 0 Å². The molecule has 0 amide bonds. The molecule has 0 aromatic carbocycles. The molecule has 5 rings (SSSR count). The monoisotopic (exact) mass is 584 g/mol. The Labute approximate surface area is 226 Å². The summed E-state index contributed by atoms with van der Waals surface area (Å²) in [6.07, 6.45) is -2.94. The Morgan fingerprint density at radius 3 is 1.73 bits per heavy atom. The number of hydrogen-bond donors (Lipinski definition) is 9. The maximum absolute atomic E-state index is 11.4.